The highest BCUT2D eigenvalue weighted by Crippen LogP contribution is 2.31. The summed E-state index contributed by atoms with van der Waals surface area (Å²) in [5.41, 5.74) is 6.87. The van der Waals surface area contributed by atoms with Crippen molar-refractivity contribution in [3.05, 3.63) is 34.9 Å². The third-order valence-electron chi connectivity index (χ3n) is 3.66. The molecule has 2 unspecified atom stereocenters. The molecule has 0 aromatic heterocycles. The maximum atomic E-state index is 10.9. The molecular formula is C13H17ClN2O2. The second-order valence-electron chi connectivity index (χ2n) is 5.20. The lowest BCUT2D eigenvalue weighted by Crippen LogP contribution is -2.44. The Hall–Kier alpha value is -1.10. The summed E-state index contributed by atoms with van der Waals surface area (Å²) >= 11 is 5.88. The molecule has 0 spiro atoms. The first kappa shape index (κ1) is 13.3. The molecule has 0 radical (unpaired) electrons. The average Bonchev–Trinajstić information content (AvgIpc) is 2.79. The van der Waals surface area contributed by atoms with Crippen molar-refractivity contribution in [3.8, 4) is 0 Å². The molecule has 1 heterocycles. The van der Waals surface area contributed by atoms with Crippen LogP contribution in [0.5, 0.6) is 0 Å². The quantitative estimate of drug-likeness (QED) is 0.784. The number of aliphatic carboxylic acids is 1. The van der Waals surface area contributed by atoms with Gasteiger partial charge in [0.1, 0.15) is 6.04 Å². The van der Waals surface area contributed by atoms with Gasteiger partial charge >= 0.3 is 5.97 Å². The van der Waals surface area contributed by atoms with E-state index in [4.69, 9.17) is 16.7 Å². The van der Waals surface area contributed by atoms with Gasteiger partial charge in [-0.3, -0.25) is 10.2 Å². The Bertz CT molecular complexity index is 445. The monoisotopic (exact) mass is 268 g/mol. The molecule has 0 aliphatic carbocycles. The molecule has 98 valence electrons. The summed E-state index contributed by atoms with van der Waals surface area (Å²) in [7, 11) is 0. The van der Waals surface area contributed by atoms with Crippen LogP contribution in [0.15, 0.2) is 24.3 Å². The van der Waals surface area contributed by atoms with Crippen LogP contribution in [0.4, 0.5) is 0 Å². The van der Waals surface area contributed by atoms with E-state index in [1.807, 2.05) is 24.3 Å². The van der Waals surface area contributed by atoms with Gasteiger partial charge in [-0.2, -0.15) is 0 Å². The van der Waals surface area contributed by atoms with E-state index in [2.05, 4.69) is 24.7 Å². The Morgan fingerprint density at radius 3 is 2.44 bits per heavy atom. The Kier molecular flexibility index (Phi) is 3.61. The van der Waals surface area contributed by atoms with E-state index >= 15 is 0 Å². The number of nitrogens with one attached hydrogen (secondary N) is 2. The van der Waals surface area contributed by atoms with Crippen molar-refractivity contribution in [2.45, 2.75) is 37.8 Å². The zero-order valence-electron chi connectivity index (χ0n) is 10.4. The summed E-state index contributed by atoms with van der Waals surface area (Å²) in [5, 5.41) is 9.69. The van der Waals surface area contributed by atoms with E-state index in [9.17, 15) is 4.79 Å². The van der Waals surface area contributed by atoms with E-state index < -0.39 is 12.0 Å². The third kappa shape index (κ3) is 2.51. The Labute approximate surface area is 111 Å². The van der Waals surface area contributed by atoms with Crippen LogP contribution in [-0.4, -0.2) is 23.2 Å². The number of hydrogen-bond donors (Lipinski definition) is 3. The number of rotatable bonds is 3. The van der Waals surface area contributed by atoms with E-state index in [0.717, 1.165) is 5.56 Å². The molecule has 0 saturated carbocycles. The van der Waals surface area contributed by atoms with Crippen molar-refractivity contribution in [2.75, 3.05) is 0 Å². The molecule has 1 aliphatic rings. The van der Waals surface area contributed by atoms with Gasteiger partial charge in [0.2, 0.25) is 0 Å². The standard InChI is InChI=1S/C13H17ClN2O2/c1-13(2,8-3-5-9(14)6-4-8)11-7-10(12(17)18)15-16-11/h3-6,10-11,15-16H,7H2,1-2H3,(H,17,18). The van der Waals surface area contributed by atoms with Gasteiger partial charge in [-0.1, -0.05) is 37.6 Å². The molecule has 0 bridgehead atoms. The van der Waals surface area contributed by atoms with Crippen LogP contribution < -0.4 is 10.9 Å². The van der Waals surface area contributed by atoms with Crippen LogP contribution in [0.25, 0.3) is 0 Å². The second-order valence-corrected chi connectivity index (χ2v) is 5.63. The van der Waals surface area contributed by atoms with Crippen LogP contribution in [0, 0.1) is 0 Å². The molecule has 0 amide bonds. The summed E-state index contributed by atoms with van der Waals surface area (Å²) < 4.78 is 0. The first-order valence-electron chi connectivity index (χ1n) is 5.91. The fourth-order valence-corrected chi connectivity index (χ4v) is 2.40. The van der Waals surface area contributed by atoms with E-state index in [1.54, 1.807) is 0 Å². The fourth-order valence-electron chi connectivity index (χ4n) is 2.27. The van der Waals surface area contributed by atoms with Crippen LogP contribution in [0.1, 0.15) is 25.8 Å². The highest BCUT2D eigenvalue weighted by Gasteiger charge is 2.39. The number of carboxylic acids is 1. The van der Waals surface area contributed by atoms with Gasteiger partial charge in [-0.05, 0) is 24.1 Å². The predicted octanol–water partition coefficient (Wildman–Crippen LogP) is 1.94. The topological polar surface area (TPSA) is 61.4 Å². The van der Waals surface area contributed by atoms with Crippen LogP contribution in [0.3, 0.4) is 0 Å². The number of carboxylic acid groups (broad SMARTS) is 1. The minimum absolute atomic E-state index is 0.0692. The van der Waals surface area contributed by atoms with Crippen molar-refractivity contribution in [1.29, 1.82) is 0 Å². The lowest BCUT2D eigenvalue weighted by Gasteiger charge is -2.31. The predicted molar refractivity (Wildman–Crippen MR) is 70.6 cm³/mol. The molecule has 5 heteroatoms. The maximum Gasteiger partial charge on any atom is 0.322 e. The molecule has 1 aromatic carbocycles. The van der Waals surface area contributed by atoms with Gasteiger partial charge in [0.05, 0.1) is 0 Å². The molecule has 2 rings (SSSR count). The molecule has 18 heavy (non-hydrogen) atoms. The van der Waals surface area contributed by atoms with Crippen LogP contribution >= 0.6 is 11.6 Å². The Balaban J connectivity index is 2.16. The van der Waals surface area contributed by atoms with Crippen molar-refractivity contribution >= 4 is 17.6 Å². The van der Waals surface area contributed by atoms with Crippen molar-refractivity contribution < 1.29 is 9.90 Å². The Morgan fingerprint density at radius 1 is 1.33 bits per heavy atom. The summed E-state index contributed by atoms with van der Waals surface area (Å²) in [4.78, 5) is 10.9. The van der Waals surface area contributed by atoms with Crippen molar-refractivity contribution in [1.82, 2.24) is 10.9 Å². The molecule has 3 N–H and O–H groups in total. The smallest absolute Gasteiger partial charge is 0.322 e. The van der Waals surface area contributed by atoms with Gasteiger partial charge in [0.15, 0.2) is 0 Å². The number of halogens is 1. The number of hydrogen-bond acceptors (Lipinski definition) is 3. The second kappa shape index (κ2) is 4.88. The number of benzene rings is 1. The van der Waals surface area contributed by atoms with Crippen molar-refractivity contribution in [2.24, 2.45) is 0 Å². The number of carbonyl (C=O) groups is 1. The molecule has 1 aliphatic heterocycles. The van der Waals surface area contributed by atoms with Gasteiger partial charge in [0.25, 0.3) is 0 Å². The van der Waals surface area contributed by atoms with Gasteiger partial charge in [0, 0.05) is 16.5 Å². The average molecular weight is 269 g/mol. The molecule has 2 atom stereocenters. The maximum absolute atomic E-state index is 10.9. The normalized spacial score (nSPS) is 24.2. The van der Waals surface area contributed by atoms with E-state index in [1.165, 1.54) is 0 Å². The molecule has 1 fully saturated rings. The largest absolute Gasteiger partial charge is 0.480 e. The molecule has 1 aromatic rings. The van der Waals surface area contributed by atoms with Gasteiger partial charge in [-0.15, -0.1) is 0 Å². The van der Waals surface area contributed by atoms with E-state index in [-0.39, 0.29) is 11.5 Å². The van der Waals surface area contributed by atoms with Crippen molar-refractivity contribution in [3.63, 3.8) is 0 Å². The summed E-state index contributed by atoms with van der Waals surface area (Å²) in [6.07, 6.45) is 0.560. The molecule has 4 nitrogen and oxygen atoms in total. The minimum atomic E-state index is -0.822. The first-order chi connectivity index (χ1) is 8.41. The summed E-state index contributed by atoms with van der Waals surface area (Å²) in [6, 6.07) is 7.23. The third-order valence-corrected chi connectivity index (χ3v) is 3.91. The minimum Gasteiger partial charge on any atom is -0.480 e. The van der Waals surface area contributed by atoms with Crippen LogP contribution in [-0.2, 0) is 10.2 Å². The lowest BCUT2D eigenvalue weighted by atomic mass is 9.76. The van der Waals surface area contributed by atoms with Gasteiger partial charge in [-0.25, -0.2) is 5.43 Å². The lowest BCUT2D eigenvalue weighted by molar-refractivity contribution is -0.139. The summed E-state index contributed by atoms with van der Waals surface area (Å²) in [5.74, 6) is -0.822. The van der Waals surface area contributed by atoms with Gasteiger partial charge < -0.3 is 5.11 Å². The fraction of sp³-hybridized carbons (Fsp3) is 0.462. The zero-order chi connectivity index (χ0) is 13.3. The SMILES string of the molecule is CC(C)(c1ccc(Cl)cc1)C1CC(C(=O)O)NN1. The molecule has 1 saturated heterocycles. The zero-order valence-corrected chi connectivity index (χ0v) is 11.2. The summed E-state index contributed by atoms with van der Waals surface area (Å²) in [6.45, 7) is 4.19. The highest BCUT2D eigenvalue weighted by molar-refractivity contribution is 6.30. The Morgan fingerprint density at radius 2 is 1.94 bits per heavy atom. The van der Waals surface area contributed by atoms with Crippen LogP contribution in [0.2, 0.25) is 5.02 Å². The first-order valence-corrected chi connectivity index (χ1v) is 6.29. The number of hydrazine groups is 1. The molecular weight excluding hydrogens is 252 g/mol. The van der Waals surface area contributed by atoms with E-state index in [0.29, 0.717) is 11.4 Å². The highest BCUT2D eigenvalue weighted by atomic mass is 35.5.